The van der Waals surface area contributed by atoms with Crippen LogP contribution in [0.1, 0.15) is 33.9 Å². The van der Waals surface area contributed by atoms with E-state index in [2.05, 4.69) is 26.5 Å². The summed E-state index contributed by atoms with van der Waals surface area (Å²) in [6.45, 7) is 5.81. The Labute approximate surface area is 134 Å². The van der Waals surface area contributed by atoms with Crippen molar-refractivity contribution >= 4 is 17.2 Å². The summed E-state index contributed by atoms with van der Waals surface area (Å²) < 4.78 is 0. The molecule has 3 heterocycles. The number of likely N-dealkylation sites (tertiary alicyclic amines) is 1. The minimum Gasteiger partial charge on any atom is -0.351 e. The number of piperidine rings is 1. The third-order valence-electron chi connectivity index (χ3n) is 4.04. The summed E-state index contributed by atoms with van der Waals surface area (Å²) in [6, 6.07) is 5.88. The van der Waals surface area contributed by atoms with Crippen LogP contribution in [0, 0.1) is 12.8 Å². The number of carbonyl (C=O) groups excluding carboxylic acids is 1. The van der Waals surface area contributed by atoms with Crippen molar-refractivity contribution in [1.82, 2.24) is 20.4 Å². The normalized spacial score (nSPS) is 19.2. The largest absolute Gasteiger partial charge is 0.351 e. The van der Waals surface area contributed by atoms with Gasteiger partial charge in [0.15, 0.2) is 0 Å². The van der Waals surface area contributed by atoms with Gasteiger partial charge in [-0.1, -0.05) is 6.07 Å². The standard InChI is InChI=1S/C16H22N4OS/c1-12-8-14(19-18-12)11-20-6-2-4-13(10-20)9-17-16(21)15-5-3-7-22-15/h3,5,7-8,13H,2,4,6,9-11H2,1H3,(H,17,21)(H,18,19). The number of nitrogens with zero attached hydrogens (tertiary/aromatic N) is 2. The molecule has 3 rings (SSSR count). The van der Waals surface area contributed by atoms with E-state index in [1.54, 1.807) is 0 Å². The highest BCUT2D eigenvalue weighted by Gasteiger charge is 2.21. The number of hydrogen-bond acceptors (Lipinski definition) is 4. The number of hydrogen-bond donors (Lipinski definition) is 2. The van der Waals surface area contributed by atoms with Crippen molar-refractivity contribution in [2.75, 3.05) is 19.6 Å². The van der Waals surface area contributed by atoms with E-state index in [1.165, 1.54) is 24.2 Å². The molecule has 1 aliphatic rings. The number of nitrogens with one attached hydrogen (secondary N) is 2. The summed E-state index contributed by atoms with van der Waals surface area (Å²) in [5.74, 6) is 0.577. The van der Waals surface area contributed by atoms with Gasteiger partial charge in [0.25, 0.3) is 5.91 Å². The van der Waals surface area contributed by atoms with E-state index >= 15 is 0 Å². The van der Waals surface area contributed by atoms with Crippen LogP contribution >= 0.6 is 11.3 Å². The van der Waals surface area contributed by atoms with Crippen molar-refractivity contribution in [3.05, 3.63) is 39.8 Å². The van der Waals surface area contributed by atoms with Gasteiger partial charge in [-0.2, -0.15) is 5.10 Å². The van der Waals surface area contributed by atoms with Crippen LogP contribution in [0.3, 0.4) is 0 Å². The first kappa shape index (κ1) is 15.2. The van der Waals surface area contributed by atoms with Gasteiger partial charge in [0.1, 0.15) is 0 Å². The van der Waals surface area contributed by atoms with Crippen molar-refractivity contribution in [2.45, 2.75) is 26.3 Å². The Morgan fingerprint density at radius 2 is 2.50 bits per heavy atom. The molecule has 118 valence electrons. The fourth-order valence-corrected chi connectivity index (χ4v) is 3.62. The molecule has 1 aliphatic heterocycles. The molecule has 0 spiro atoms. The zero-order chi connectivity index (χ0) is 15.4. The predicted molar refractivity (Wildman–Crippen MR) is 88.0 cm³/mol. The van der Waals surface area contributed by atoms with E-state index in [4.69, 9.17) is 0 Å². The molecule has 5 nitrogen and oxygen atoms in total. The van der Waals surface area contributed by atoms with Crippen LogP contribution in [0.2, 0.25) is 0 Å². The average molecular weight is 318 g/mol. The number of rotatable bonds is 5. The van der Waals surface area contributed by atoms with Gasteiger partial charge < -0.3 is 5.32 Å². The van der Waals surface area contributed by atoms with Crippen molar-refractivity contribution < 1.29 is 4.79 Å². The van der Waals surface area contributed by atoms with Crippen molar-refractivity contribution in [3.8, 4) is 0 Å². The smallest absolute Gasteiger partial charge is 0.261 e. The molecule has 1 atom stereocenters. The lowest BCUT2D eigenvalue weighted by molar-refractivity contribution is 0.0934. The Hall–Kier alpha value is -1.66. The van der Waals surface area contributed by atoms with Gasteiger partial charge in [-0.15, -0.1) is 11.3 Å². The van der Waals surface area contributed by atoms with Crippen LogP contribution in [0.25, 0.3) is 0 Å². The number of carbonyl (C=O) groups is 1. The third-order valence-corrected chi connectivity index (χ3v) is 4.91. The lowest BCUT2D eigenvalue weighted by Gasteiger charge is -2.32. The van der Waals surface area contributed by atoms with E-state index in [0.717, 1.165) is 42.4 Å². The molecule has 6 heteroatoms. The fraction of sp³-hybridized carbons (Fsp3) is 0.500. The number of amides is 1. The van der Waals surface area contributed by atoms with Gasteiger partial charge in [0.05, 0.1) is 10.6 Å². The first-order valence-corrected chi connectivity index (χ1v) is 8.63. The van der Waals surface area contributed by atoms with Crippen LogP contribution < -0.4 is 5.32 Å². The molecule has 2 aromatic rings. The van der Waals surface area contributed by atoms with Crippen LogP contribution in [-0.2, 0) is 6.54 Å². The summed E-state index contributed by atoms with van der Waals surface area (Å²) >= 11 is 1.49. The second-order valence-corrected chi connectivity index (χ2v) is 6.92. The van der Waals surface area contributed by atoms with Crippen LogP contribution in [0.4, 0.5) is 0 Å². The highest BCUT2D eigenvalue weighted by molar-refractivity contribution is 7.12. The highest BCUT2D eigenvalue weighted by Crippen LogP contribution is 2.18. The number of thiophene rings is 1. The molecule has 0 aliphatic carbocycles. The van der Waals surface area contributed by atoms with E-state index in [-0.39, 0.29) is 5.91 Å². The van der Waals surface area contributed by atoms with Gasteiger partial charge in [0, 0.05) is 25.3 Å². The predicted octanol–water partition coefficient (Wildman–Crippen LogP) is 2.42. The summed E-state index contributed by atoms with van der Waals surface area (Å²) in [7, 11) is 0. The maximum atomic E-state index is 12.0. The Bertz CT molecular complexity index is 607. The number of H-pyrrole nitrogens is 1. The molecule has 1 amide bonds. The molecule has 0 bridgehead atoms. The monoisotopic (exact) mass is 318 g/mol. The van der Waals surface area contributed by atoms with Gasteiger partial charge in [-0.3, -0.25) is 14.8 Å². The zero-order valence-corrected chi connectivity index (χ0v) is 13.7. The summed E-state index contributed by atoms with van der Waals surface area (Å²) in [6.07, 6.45) is 2.36. The average Bonchev–Trinajstić information content (AvgIpc) is 3.17. The van der Waals surface area contributed by atoms with Crippen LogP contribution in [0.15, 0.2) is 23.6 Å². The van der Waals surface area contributed by atoms with Crippen molar-refractivity contribution in [3.63, 3.8) is 0 Å². The van der Waals surface area contributed by atoms with Gasteiger partial charge in [-0.25, -0.2) is 0 Å². The van der Waals surface area contributed by atoms with E-state index < -0.39 is 0 Å². The Morgan fingerprint density at radius 1 is 1.59 bits per heavy atom. The number of aromatic nitrogens is 2. The molecule has 1 unspecified atom stereocenters. The molecular formula is C16H22N4OS. The Morgan fingerprint density at radius 3 is 3.23 bits per heavy atom. The van der Waals surface area contributed by atoms with Gasteiger partial charge in [0.2, 0.25) is 0 Å². The first-order valence-electron chi connectivity index (χ1n) is 7.75. The topological polar surface area (TPSA) is 61.0 Å². The quantitative estimate of drug-likeness (QED) is 0.890. The lowest BCUT2D eigenvalue weighted by Crippen LogP contribution is -2.40. The fourth-order valence-electron chi connectivity index (χ4n) is 2.98. The van der Waals surface area contributed by atoms with Gasteiger partial charge >= 0.3 is 0 Å². The maximum Gasteiger partial charge on any atom is 0.261 e. The molecule has 0 radical (unpaired) electrons. The number of aryl methyl sites for hydroxylation is 1. The maximum absolute atomic E-state index is 12.0. The molecule has 0 saturated carbocycles. The molecule has 2 aromatic heterocycles. The molecule has 1 saturated heterocycles. The molecule has 1 fully saturated rings. The Balaban J connectivity index is 1.47. The Kier molecular flexibility index (Phi) is 4.90. The zero-order valence-electron chi connectivity index (χ0n) is 12.8. The molecule has 22 heavy (non-hydrogen) atoms. The first-order chi connectivity index (χ1) is 10.7. The minimum atomic E-state index is 0.0510. The number of aromatic amines is 1. The van der Waals surface area contributed by atoms with Crippen LogP contribution in [-0.4, -0.2) is 40.6 Å². The molecule has 2 N–H and O–H groups in total. The van der Waals surface area contributed by atoms with Crippen molar-refractivity contribution in [1.29, 1.82) is 0 Å². The summed E-state index contributed by atoms with van der Waals surface area (Å²) in [4.78, 5) is 15.2. The molecule has 0 aromatic carbocycles. The second kappa shape index (κ2) is 7.07. The summed E-state index contributed by atoms with van der Waals surface area (Å²) in [5, 5.41) is 12.3. The third kappa shape index (κ3) is 3.96. The van der Waals surface area contributed by atoms with E-state index in [1.807, 2.05) is 24.4 Å². The SMILES string of the molecule is Cc1cc(CN2CCCC(CNC(=O)c3cccs3)C2)n[nH]1. The van der Waals surface area contributed by atoms with Gasteiger partial charge in [-0.05, 0) is 49.7 Å². The highest BCUT2D eigenvalue weighted by atomic mass is 32.1. The minimum absolute atomic E-state index is 0.0510. The second-order valence-electron chi connectivity index (χ2n) is 5.97. The lowest BCUT2D eigenvalue weighted by atomic mass is 9.98. The van der Waals surface area contributed by atoms with Crippen LogP contribution in [0.5, 0.6) is 0 Å². The van der Waals surface area contributed by atoms with E-state index in [0.29, 0.717) is 5.92 Å². The molecular weight excluding hydrogens is 296 g/mol. The van der Waals surface area contributed by atoms with E-state index in [9.17, 15) is 4.79 Å². The van der Waals surface area contributed by atoms with Crippen molar-refractivity contribution in [2.24, 2.45) is 5.92 Å². The summed E-state index contributed by atoms with van der Waals surface area (Å²) in [5.41, 5.74) is 2.20.